The molecule has 2 rings (SSSR count). The molecule has 2 unspecified atom stereocenters. The van der Waals surface area contributed by atoms with Gasteiger partial charge in [-0.25, -0.2) is 4.79 Å². The molecule has 6 nitrogen and oxygen atoms in total. The fourth-order valence-electron chi connectivity index (χ4n) is 2.73. The molecule has 1 aliphatic carbocycles. The fourth-order valence-corrected chi connectivity index (χ4v) is 3.52. The van der Waals surface area contributed by atoms with E-state index < -0.39 is 10.9 Å². The largest absolute Gasteiger partial charge is 0.477 e. The molecular weight excluding hydrogens is 292 g/mol. The minimum atomic E-state index is -1.26. The maximum Gasteiger partial charge on any atom is 0.343 e. The Morgan fingerprint density at radius 1 is 1.52 bits per heavy atom. The number of hydrogen-bond donors (Lipinski definition) is 2. The zero-order chi connectivity index (χ0) is 15.4. The van der Waals surface area contributed by atoms with Crippen molar-refractivity contribution < 1.29 is 14.8 Å². The lowest BCUT2D eigenvalue weighted by molar-refractivity contribution is -0.385. The molecule has 1 aromatic rings. The number of nitro groups is 1. The zero-order valence-corrected chi connectivity index (χ0v) is 12.6. The van der Waals surface area contributed by atoms with Crippen molar-refractivity contribution in [1.82, 2.24) is 5.32 Å². The first-order valence-corrected chi connectivity index (χ1v) is 8.07. The highest BCUT2D eigenvalue weighted by molar-refractivity contribution is 7.99. The van der Waals surface area contributed by atoms with Crippen LogP contribution in [0.1, 0.15) is 35.2 Å². The number of carboxylic acid groups (broad SMARTS) is 1. The highest BCUT2D eigenvalue weighted by Crippen LogP contribution is 2.29. The lowest BCUT2D eigenvalue weighted by atomic mass is 10.0. The highest BCUT2D eigenvalue weighted by atomic mass is 32.2. The normalized spacial score (nSPS) is 21.4. The number of nitro benzene ring substituents is 1. The van der Waals surface area contributed by atoms with Crippen molar-refractivity contribution in [1.29, 1.82) is 0 Å². The van der Waals surface area contributed by atoms with Crippen LogP contribution in [-0.2, 0) is 6.54 Å². The zero-order valence-electron chi connectivity index (χ0n) is 11.7. The molecule has 0 amide bonds. The molecule has 0 spiro atoms. The van der Waals surface area contributed by atoms with E-state index in [1.807, 2.05) is 11.8 Å². The van der Waals surface area contributed by atoms with Gasteiger partial charge in [0.2, 0.25) is 0 Å². The fraction of sp³-hybridized carbons (Fsp3) is 0.500. The number of hydrogen-bond acceptors (Lipinski definition) is 5. The number of thioether (sulfide) groups is 1. The van der Waals surface area contributed by atoms with Gasteiger partial charge in [0.15, 0.2) is 0 Å². The van der Waals surface area contributed by atoms with Gasteiger partial charge in [-0.1, -0.05) is 12.1 Å². The van der Waals surface area contributed by atoms with Gasteiger partial charge in [-0.05, 0) is 31.1 Å². The van der Waals surface area contributed by atoms with Crippen LogP contribution in [0, 0.1) is 10.1 Å². The Bertz CT molecular complexity index is 550. The molecule has 0 aromatic heterocycles. The third-order valence-corrected chi connectivity index (χ3v) is 4.93. The van der Waals surface area contributed by atoms with E-state index in [0.717, 1.165) is 19.3 Å². The Labute approximate surface area is 127 Å². The van der Waals surface area contributed by atoms with Gasteiger partial charge in [0.1, 0.15) is 5.56 Å². The molecule has 114 valence electrons. The van der Waals surface area contributed by atoms with Gasteiger partial charge < -0.3 is 10.4 Å². The van der Waals surface area contributed by atoms with Crippen LogP contribution < -0.4 is 5.32 Å². The summed E-state index contributed by atoms with van der Waals surface area (Å²) in [5, 5.41) is 24.1. The van der Waals surface area contributed by atoms with E-state index in [1.54, 1.807) is 6.07 Å². The van der Waals surface area contributed by atoms with Gasteiger partial charge in [0.05, 0.1) is 4.92 Å². The van der Waals surface area contributed by atoms with Gasteiger partial charge in [-0.15, -0.1) is 0 Å². The van der Waals surface area contributed by atoms with Crippen LogP contribution in [0.2, 0.25) is 0 Å². The topological polar surface area (TPSA) is 92.5 Å². The second kappa shape index (κ2) is 6.91. The second-order valence-corrected chi connectivity index (χ2v) is 6.26. The third kappa shape index (κ3) is 3.74. The summed E-state index contributed by atoms with van der Waals surface area (Å²) < 4.78 is 0. The van der Waals surface area contributed by atoms with Crippen LogP contribution in [0.5, 0.6) is 0 Å². The number of carboxylic acids is 1. The quantitative estimate of drug-likeness (QED) is 0.620. The summed E-state index contributed by atoms with van der Waals surface area (Å²) in [5.74, 6) is -1.26. The van der Waals surface area contributed by atoms with E-state index in [-0.39, 0.29) is 11.3 Å². The predicted octanol–water partition coefficient (Wildman–Crippen LogP) is 2.67. The molecular formula is C14H18N2O4S. The van der Waals surface area contributed by atoms with Crippen LogP contribution in [0.25, 0.3) is 0 Å². The molecule has 0 saturated heterocycles. The highest BCUT2D eigenvalue weighted by Gasteiger charge is 2.26. The van der Waals surface area contributed by atoms with Gasteiger partial charge in [-0.3, -0.25) is 10.1 Å². The average Bonchev–Trinajstić information content (AvgIpc) is 2.92. The van der Waals surface area contributed by atoms with Gasteiger partial charge >= 0.3 is 5.97 Å². The predicted molar refractivity (Wildman–Crippen MR) is 81.8 cm³/mol. The summed E-state index contributed by atoms with van der Waals surface area (Å²) in [6, 6.07) is 4.74. The number of rotatable bonds is 6. The number of carbonyl (C=O) groups is 1. The molecule has 0 aliphatic heterocycles. The van der Waals surface area contributed by atoms with Crippen molar-refractivity contribution in [3.05, 3.63) is 39.4 Å². The standard InChI is InChI=1S/C14H18N2O4S/c1-21-11-6-5-10(7-11)15-8-9-3-2-4-12(16(19)20)13(9)14(17)18/h2-4,10-11,15H,5-8H2,1H3,(H,17,18). The molecule has 7 heteroatoms. The van der Waals surface area contributed by atoms with Crippen LogP contribution >= 0.6 is 11.8 Å². The molecule has 1 saturated carbocycles. The van der Waals surface area contributed by atoms with Crippen LogP contribution in [0.4, 0.5) is 5.69 Å². The smallest absolute Gasteiger partial charge is 0.343 e. The molecule has 1 aliphatic rings. The van der Waals surface area contributed by atoms with Gasteiger partial charge in [0.25, 0.3) is 5.69 Å². The lowest BCUT2D eigenvalue weighted by Crippen LogP contribution is -2.27. The maximum atomic E-state index is 11.3. The van der Waals surface area contributed by atoms with Crippen molar-refractivity contribution in [2.45, 2.75) is 37.1 Å². The van der Waals surface area contributed by atoms with E-state index in [4.69, 9.17) is 0 Å². The van der Waals surface area contributed by atoms with Crippen molar-refractivity contribution in [3.8, 4) is 0 Å². The molecule has 1 aromatic carbocycles. The number of benzene rings is 1. The van der Waals surface area contributed by atoms with Gasteiger partial charge in [0, 0.05) is 23.9 Å². The van der Waals surface area contributed by atoms with Crippen LogP contribution in [0.3, 0.4) is 0 Å². The summed E-state index contributed by atoms with van der Waals surface area (Å²) >= 11 is 1.85. The van der Waals surface area contributed by atoms with E-state index in [1.165, 1.54) is 12.1 Å². The first kappa shape index (κ1) is 15.8. The van der Waals surface area contributed by atoms with E-state index in [9.17, 15) is 20.0 Å². The number of nitrogens with one attached hydrogen (secondary N) is 1. The van der Waals surface area contributed by atoms with Crippen molar-refractivity contribution in [3.63, 3.8) is 0 Å². The Balaban J connectivity index is 2.11. The Morgan fingerprint density at radius 2 is 2.29 bits per heavy atom. The minimum absolute atomic E-state index is 0.214. The lowest BCUT2D eigenvalue weighted by Gasteiger charge is -2.14. The van der Waals surface area contributed by atoms with Crippen LogP contribution in [-0.4, -0.2) is 33.5 Å². The molecule has 0 heterocycles. The third-order valence-electron chi connectivity index (χ3n) is 3.84. The Hall–Kier alpha value is -1.60. The summed E-state index contributed by atoms with van der Waals surface area (Å²) in [6.45, 7) is 0.342. The molecule has 2 atom stereocenters. The molecule has 0 bridgehead atoms. The number of aromatic carboxylic acids is 1. The average molecular weight is 310 g/mol. The van der Waals surface area contributed by atoms with E-state index >= 15 is 0 Å². The first-order valence-electron chi connectivity index (χ1n) is 6.78. The Morgan fingerprint density at radius 3 is 2.86 bits per heavy atom. The molecule has 2 N–H and O–H groups in total. The minimum Gasteiger partial charge on any atom is -0.477 e. The van der Waals surface area contributed by atoms with E-state index in [2.05, 4.69) is 11.6 Å². The summed E-state index contributed by atoms with van der Waals surface area (Å²) in [6.07, 6.45) is 5.36. The molecule has 0 radical (unpaired) electrons. The number of nitrogens with zero attached hydrogens (tertiary/aromatic N) is 1. The molecule has 1 fully saturated rings. The monoisotopic (exact) mass is 310 g/mol. The van der Waals surface area contributed by atoms with Crippen LogP contribution in [0.15, 0.2) is 18.2 Å². The van der Waals surface area contributed by atoms with Crippen molar-refractivity contribution in [2.75, 3.05) is 6.26 Å². The van der Waals surface area contributed by atoms with Gasteiger partial charge in [-0.2, -0.15) is 11.8 Å². The SMILES string of the molecule is CSC1CCC(NCc2cccc([N+](=O)[O-])c2C(=O)O)C1. The second-order valence-electron chi connectivity index (χ2n) is 5.12. The summed E-state index contributed by atoms with van der Waals surface area (Å²) in [5.41, 5.74) is -0.103. The van der Waals surface area contributed by atoms with Crippen molar-refractivity contribution in [2.24, 2.45) is 0 Å². The summed E-state index contributed by atoms with van der Waals surface area (Å²) in [4.78, 5) is 21.6. The first-order chi connectivity index (χ1) is 10.0. The summed E-state index contributed by atoms with van der Waals surface area (Å²) in [7, 11) is 0. The Kier molecular flexibility index (Phi) is 5.19. The van der Waals surface area contributed by atoms with Crippen molar-refractivity contribution >= 4 is 23.4 Å². The maximum absolute atomic E-state index is 11.3. The molecule has 21 heavy (non-hydrogen) atoms. The van der Waals surface area contributed by atoms with E-state index in [0.29, 0.717) is 23.4 Å².